The van der Waals surface area contributed by atoms with Gasteiger partial charge < -0.3 is 5.32 Å². The molecule has 0 fully saturated rings. The van der Waals surface area contributed by atoms with E-state index in [9.17, 15) is 13.2 Å². The highest BCUT2D eigenvalue weighted by Crippen LogP contribution is 2.24. The topological polar surface area (TPSA) is 99.1 Å². The van der Waals surface area contributed by atoms with E-state index in [-0.39, 0.29) is 16.6 Å². The molecule has 0 aliphatic rings. The summed E-state index contributed by atoms with van der Waals surface area (Å²) in [4.78, 5) is 12.4. The fraction of sp³-hybridized carbons (Fsp3) is 0.130. The molecule has 0 saturated carbocycles. The van der Waals surface area contributed by atoms with Crippen LogP contribution >= 0.6 is 23.4 Å². The van der Waals surface area contributed by atoms with Crippen LogP contribution in [0.3, 0.4) is 0 Å². The molecule has 3 rings (SSSR count). The Bertz CT molecular complexity index is 1250. The van der Waals surface area contributed by atoms with Gasteiger partial charge in [0, 0.05) is 22.2 Å². The highest BCUT2D eigenvalue weighted by Gasteiger charge is 2.18. The van der Waals surface area contributed by atoms with Crippen LogP contribution in [0.1, 0.15) is 16.7 Å². The van der Waals surface area contributed by atoms with Crippen LogP contribution in [0, 0.1) is 18.3 Å². The monoisotopic (exact) mass is 485 g/mol. The molecule has 0 unspecified atom stereocenters. The van der Waals surface area contributed by atoms with Crippen LogP contribution in [0.15, 0.2) is 71.6 Å². The van der Waals surface area contributed by atoms with E-state index in [4.69, 9.17) is 16.9 Å². The van der Waals surface area contributed by atoms with Crippen LogP contribution in [0.5, 0.6) is 0 Å². The molecule has 9 heteroatoms. The number of aryl methyl sites for hydroxylation is 1. The third-order valence-electron chi connectivity index (χ3n) is 4.44. The first-order valence-electron chi connectivity index (χ1n) is 9.52. The summed E-state index contributed by atoms with van der Waals surface area (Å²) in [5.74, 6) is 0.595. The molecule has 0 aliphatic carbocycles. The number of nitrogens with zero attached hydrogens (tertiary/aromatic N) is 1. The maximum Gasteiger partial charge on any atom is 0.262 e. The largest absolute Gasteiger partial charge is 0.325 e. The average Bonchev–Trinajstić information content (AvgIpc) is 2.77. The predicted molar refractivity (Wildman–Crippen MR) is 129 cm³/mol. The number of hydrogen-bond acceptors (Lipinski definition) is 5. The van der Waals surface area contributed by atoms with Gasteiger partial charge in [-0.1, -0.05) is 29.8 Å². The van der Waals surface area contributed by atoms with Crippen LogP contribution in [-0.2, 0) is 20.6 Å². The van der Waals surface area contributed by atoms with Crippen molar-refractivity contribution in [2.45, 2.75) is 17.6 Å². The van der Waals surface area contributed by atoms with Gasteiger partial charge >= 0.3 is 0 Å². The number of benzene rings is 3. The Morgan fingerprint density at radius 2 is 1.69 bits per heavy atom. The van der Waals surface area contributed by atoms with Gasteiger partial charge in [-0.15, -0.1) is 11.8 Å². The predicted octanol–water partition coefficient (Wildman–Crippen LogP) is 5.19. The van der Waals surface area contributed by atoms with E-state index in [0.29, 0.717) is 33.3 Å². The van der Waals surface area contributed by atoms with Gasteiger partial charge in [0.05, 0.1) is 22.3 Å². The summed E-state index contributed by atoms with van der Waals surface area (Å²) in [7, 11) is -3.85. The van der Waals surface area contributed by atoms with Crippen LogP contribution in [-0.4, -0.2) is 20.1 Å². The van der Waals surface area contributed by atoms with E-state index >= 15 is 0 Å². The molecule has 0 heterocycles. The molecular weight excluding hydrogens is 466 g/mol. The Morgan fingerprint density at radius 3 is 2.34 bits per heavy atom. The van der Waals surface area contributed by atoms with Gasteiger partial charge in [0.15, 0.2) is 0 Å². The van der Waals surface area contributed by atoms with Crippen molar-refractivity contribution in [2.75, 3.05) is 15.8 Å². The van der Waals surface area contributed by atoms with Crippen molar-refractivity contribution in [3.8, 4) is 6.07 Å². The lowest BCUT2D eigenvalue weighted by molar-refractivity contribution is -0.113. The Balaban J connectivity index is 1.62. The molecule has 164 valence electrons. The molecule has 0 spiro atoms. The van der Waals surface area contributed by atoms with E-state index in [1.54, 1.807) is 55.5 Å². The van der Waals surface area contributed by atoms with Gasteiger partial charge in [-0.05, 0) is 66.6 Å². The molecule has 0 saturated heterocycles. The van der Waals surface area contributed by atoms with Crippen LogP contribution in [0.25, 0.3) is 0 Å². The first-order valence-corrected chi connectivity index (χ1v) is 12.5. The molecule has 0 aromatic heterocycles. The summed E-state index contributed by atoms with van der Waals surface area (Å²) >= 11 is 7.27. The highest BCUT2D eigenvalue weighted by atomic mass is 35.5. The van der Waals surface area contributed by atoms with E-state index in [2.05, 4.69) is 16.1 Å². The first-order chi connectivity index (χ1) is 15.3. The average molecular weight is 486 g/mol. The number of halogens is 1. The summed E-state index contributed by atoms with van der Waals surface area (Å²) in [6.07, 6.45) is 0. The van der Waals surface area contributed by atoms with Crippen molar-refractivity contribution in [1.82, 2.24) is 0 Å². The number of thioether (sulfide) groups is 1. The van der Waals surface area contributed by atoms with Crippen molar-refractivity contribution in [2.24, 2.45) is 0 Å². The zero-order valence-electron chi connectivity index (χ0n) is 17.1. The minimum Gasteiger partial charge on any atom is -0.325 e. The molecule has 3 aromatic carbocycles. The maximum absolute atomic E-state index is 12.8. The third kappa shape index (κ3) is 6.50. The van der Waals surface area contributed by atoms with Gasteiger partial charge in [0.1, 0.15) is 0 Å². The molecule has 32 heavy (non-hydrogen) atoms. The van der Waals surface area contributed by atoms with Crippen LogP contribution in [0.4, 0.5) is 11.4 Å². The molecule has 0 radical (unpaired) electrons. The Labute approximate surface area is 196 Å². The normalized spacial score (nSPS) is 10.9. The van der Waals surface area contributed by atoms with Crippen molar-refractivity contribution >= 4 is 50.7 Å². The Kier molecular flexibility index (Phi) is 7.80. The number of sulfonamides is 1. The smallest absolute Gasteiger partial charge is 0.262 e. The molecule has 6 nitrogen and oxygen atoms in total. The minimum absolute atomic E-state index is 0.0792. The lowest BCUT2D eigenvalue weighted by Crippen LogP contribution is -2.17. The fourth-order valence-electron chi connectivity index (χ4n) is 2.83. The number of carbonyl (C=O) groups excluding carboxylic acids is 1. The molecule has 0 aliphatic heterocycles. The molecule has 0 atom stereocenters. The first kappa shape index (κ1) is 23.7. The lowest BCUT2D eigenvalue weighted by Gasteiger charge is -2.13. The Hall–Kier alpha value is -2.99. The van der Waals surface area contributed by atoms with Gasteiger partial charge in [0.2, 0.25) is 5.91 Å². The van der Waals surface area contributed by atoms with E-state index in [1.165, 1.54) is 17.8 Å². The molecular formula is C23H20ClN3O3S2. The number of nitriles is 1. The second kappa shape index (κ2) is 10.6. The standard InChI is InChI=1S/C23H20ClN3O3S2/c1-16-2-9-21(12-22(16)32(29,30)27-20-10-7-19(24)8-11-20)26-23(28)15-31-14-18-5-3-17(13-25)4-6-18/h2-12,27H,14-15H2,1H3,(H,26,28). The van der Waals surface area contributed by atoms with Crippen molar-refractivity contribution in [1.29, 1.82) is 5.26 Å². The van der Waals surface area contributed by atoms with Gasteiger partial charge in [-0.3, -0.25) is 9.52 Å². The van der Waals surface area contributed by atoms with Gasteiger partial charge in [0.25, 0.3) is 10.0 Å². The van der Waals surface area contributed by atoms with E-state index < -0.39 is 10.0 Å². The van der Waals surface area contributed by atoms with Crippen LogP contribution in [0.2, 0.25) is 5.02 Å². The maximum atomic E-state index is 12.8. The lowest BCUT2D eigenvalue weighted by atomic mass is 10.2. The van der Waals surface area contributed by atoms with Crippen LogP contribution < -0.4 is 10.0 Å². The summed E-state index contributed by atoms with van der Waals surface area (Å²) in [5, 5.41) is 12.1. The second-order valence-corrected chi connectivity index (χ2v) is 10.0. The number of amides is 1. The second-order valence-electron chi connectivity index (χ2n) is 6.94. The summed E-state index contributed by atoms with van der Waals surface area (Å²) in [5.41, 5.74) is 2.95. The number of rotatable bonds is 8. The highest BCUT2D eigenvalue weighted by molar-refractivity contribution is 7.99. The summed E-state index contributed by atoms with van der Waals surface area (Å²) < 4.78 is 28.2. The molecule has 3 aromatic rings. The van der Waals surface area contributed by atoms with Crippen molar-refractivity contribution in [3.05, 3.63) is 88.4 Å². The molecule has 2 N–H and O–H groups in total. The third-order valence-corrected chi connectivity index (χ3v) is 7.22. The Morgan fingerprint density at radius 1 is 1.03 bits per heavy atom. The minimum atomic E-state index is -3.85. The number of carbonyl (C=O) groups is 1. The summed E-state index contributed by atoms with van der Waals surface area (Å²) in [6, 6.07) is 20.4. The molecule has 0 bridgehead atoms. The fourth-order valence-corrected chi connectivity index (χ4v) is 5.07. The zero-order chi connectivity index (χ0) is 23.1. The number of hydrogen-bond donors (Lipinski definition) is 2. The quantitative estimate of drug-likeness (QED) is 0.457. The van der Waals surface area contributed by atoms with Crippen molar-refractivity contribution < 1.29 is 13.2 Å². The van der Waals surface area contributed by atoms with Gasteiger partial charge in [-0.2, -0.15) is 5.26 Å². The summed E-state index contributed by atoms with van der Waals surface area (Å²) in [6.45, 7) is 1.69. The number of anilines is 2. The van der Waals surface area contributed by atoms with Crippen molar-refractivity contribution in [3.63, 3.8) is 0 Å². The van der Waals surface area contributed by atoms with E-state index in [1.807, 2.05) is 12.1 Å². The number of nitrogens with one attached hydrogen (secondary N) is 2. The SMILES string of the molecule is Cc1ccc(NC(=O)CSCc2ccc(C#N)cc2)cc1S(=O)(=O)Nc1ccc(Cl)cc1. The van der Waals surface area contributed by atoms with Gasteiger partial charge in [-0.25, -0.2) is 8.42 Å². The molecule has 1 amide bonds. The zero-order valence-corrected chi connectivity index (χ0v) is 19.5. The van der Waals surface area contributed by atoms with E-state index in [0.717, 1.165) is 5.56 Å².